The Kier molecular flexibility index (Phi) is 4.02. The highest BCUT2D eigenvalue weighted by Crippen LogP contribution is 2.59. The van der Waals surface area contributed by atoms with Crippen LogP contribution < -0.4 is 10.1 Å². The molecule has 0 aliphatic carbocycles. The topological polar surface area (TPSA) is 75.6 Å². The molecule has 9 heteroatoms. The van der Waals surface area contributed by atoms with Crippen LogP contribution in [-0.2, 0) is 9.59 Å². The first kappa shape index (κ1) is 16.6. The molecule has 24 heavy (non-hydrogen) atoms. The van der Waals surface area contributed by atoms with E-state index in [0.717, 1.165) is 36.8 Å². The van der Waals surface area contributed by atoms with E-state index in [1.54, 1.807) is 6.07 Å². The van der Waals surface area contributed by atoms with E-state index in [1.165, 1.54) is 11.8 Å². The van der Waals surface area contributed by atoms with Crippen molar-refractivity contribution >= 4 is 67.3 Å². The highest BCUT2D eigenvalue weighted by atomic mass is 79.9. The number of carbonyl (C=O) groups is 2. The largest absolute Gasteiger partial charge is 0.480 e. The van der Waals surface area contributed by atoms with Crippen molar-refractivity contribution in [1.29, 1.82) is 0 Å². The highest BCUT2D eigenvalue weighted by Gasteiger charge is 2.53. The average molecular weight is 491 g/mol. The quantitative estimate of drug-likeness (QED) is 0.455. The molecule has 2 N–H and O–H groups in total. The molecule has 0 bridgehead atoms. The molecule has 0 spiro atoms. The predicted molar refractivity (Wildman–Crippen MR) is 99.6 cm³/mol. The van der Waals surface area contributed by atoms with Crippen LogP contribution in [-0.4, -0.2) is 22.3 Å². The molecular weight excluding hydrogens is 482 g/mol. The second-order valence-corrected chi connectivity index (χ2v) is 9.51. The summed E-state index contributed by atoms with van der Waals surface area (Å²) < 4.78 is 6.96. The number of halogens is 2. The minimum absolute atomic E-state index is 0.371. The van der Waals surface area contributed by atoms with Gasteiger partial charge in [-0.3, -0.25) is 9.59 Å². The lowest BCUT2D eigenvalue weighted by molar-refractivity contribution is -0.147. The second kappa shape index (κ2) is 5.82. The van der Waals surface area contributed by atoms with E-state index in [2.05, 4.69) is 43.8 Å². The summed E-state index contributed by atoms with van der Waals surface area (Å²) in [5.74, 6) is -2.24. The molecule has 0 saturated heterocycles. The van der Waals surface area contributed by atoms with Crippen LogP contribution in [0.2, 0.25) is 0 Å². The first-order valence-corrected chi connectivity index (χ1v) is 10.1. The van der Waals surface area contributed by atoms with E-state index >= 15 is 0 Å². The van der Waals surface area contributed by atoms with Gasteiger partial charge in [0.2, 0.25) is 0 Å². The van der Waals surface area contributed by atoms with Crippen molar-refractivity contribution in [2.24, 2.45) is 5.92 Å². The summed E-state index contributed by atoms with van der Waals surface area (Å²) >= 11 is 9.47. The van der Waals surface area contributed by atoms with Crippen LogP contribution in [0.5, 0.6) is 5.75 Å². The monoisotopic (exact) mass is 489 g/mol. The summed E-state index contributed by atoms with van der Waals surface area (Å²) in [5.41, 5.74) is 0.795. The normalized spacial score (nSPS) is 27.8. The standard InChI is InChI=1S/C15H9Br2NO4S2/c1-4-18-13-11(23-4)8-6-2-5(16)3-7(17)10(6)22-15(21)9(8)12(24-13)14(19)20/h2-3,8-9,12,18H,1H2,(H,19,20). The number of benzene rings is 1. The van der Waals surface area contributed by atoms with Crippen LogP contribution >= 0.6 is 55.4 Å². The van der Waals surface area contributed by atoms with Crippen molar-refractivity contribution in [1.82, 2.24) is 5.32 Å². The van der Waals surface area contributed by atoms with Crippen molar-refractivity contribution in [3.63, 3.8) is 0 Å². The fraction of sp³-hybridized carbons (Fsp3) is 0.200. The van der Waals surface area contributed by atoms with E-state index in [0.29, 0.717) is 10.2 Å². The first-order valence-electron chi connectivity index (χ1n) is 6.85. The maximum absolute atomic E-state index is 12.6. The summed E-state index contributed by atoms with van der Waals surface area (Å²) in [4.78, 5) is 25.3. The molecule has 5 nitrogen and oxygen atoms in total. The second-order valence-electron chi connectivity index (χ2n) is 5.45. The van der Waals surface area contributed by atoms with Crippen molar-refractivity contribution < 1.29 is 19.4 Å². The number of esters is 1. The third-order valence-corrected chi connectivity index (χ3v) is 7.52. The van der Waals surface area contributed by atoms with Gasteiger partial charge in [0.1, 0.15) is 11.0 Å². The Bertz CT molecular complexity index is 854. The number of rotatable bonds is 1. The molecule has 1 aromatic carbocycles. The summed E-state index contributed by atoms with van der Waals surface area (Å²) in [6.07, 6.45) is 0. The van der Waals surface area contributed by atoms with Gasteiger partial charge in [-0.1, -0.05) is 46.0 Å². The van der Waals surface area contributed by atoms with Crippen LogP contribution in [0, 0.1) is 5.92 Å². The Morgan fingerprint density at radius 2 is 2.12 bits per heavy atom. The molecule has 3 aliphatic rings. The molecule has 1 aromatic rings. The van der Waals surface area contributed by atoms with Crippen LogP contribution in [0.1, 0.15) is 11.5 Å². The van der Waals surface area contributed by atoms with Crippen LogP contribution in [0.25, 0.3) is 0 Å². The van der Waals surface area contributed by atoms with Gasteiger partial charge in [0.25, 0.3) is 0 Å². The molecule has 3 aliphatic heterocycles. The van der Waals surface area contributed by atoms with Gasteiger partial charge in [0, 0.05) is 20.9 Å². The number of hydrogen-bond donors (Lipinski definition) is 2. The number of aliphatic carboxylic acids is 1. The van der Waals surface area contributed by atoms with Crippen molar-refractivity contribution in [3.05, 3.63) is 48.2 Å². The molecule has 124 valence electrons. The lowest BCUT2D eigenvalue weighted by atomic mass is 9.80. The van der Waals surface area contributed by atoms with E-state index in [-0.39, 0.29) is 5.92 Å². The third-order valence-electron chi connectivity index (χ3n) is 4.01. The van der Waals surface area contributed by atoms with E-state index in [4.69, 9.17) is 4.74 Å². The van der Waals surface area contributed by atoms with E-state index in [1.807, 2.05) is 6.07 Å². The maximum atomic E-state index is 12.6. The number of hydrogen-bond acceptors (Lipinski definition) is 6. The predicted octanol–water partition coefficient (Wildman–Crippen LogP) is 4.01. The van der Waals surface area contributed by atoms with E-state index < -0.39 is 23.1 Å². The molecule has 0 radical (unpaired) electrons. The minimum Gasteiger partial charge on any atom is -0.480 e. The van der Waals surface area contributed by atoms with Gasteiger partial charge < -0.3 is 15.2 Å². The SMILES string of the molecule is C=C1NC2=C(S1)C1c3cc(Br)cc(Br)c3OC(=O)C1C(C(=O)O)S2. The number of carbonyl (C=O) groups excluding carboxylic acids is 1. The fourth-order valence-corrected chi connectivity index (χ4v) is 6.94. The Hall–Kier alpha value is -0.900. The molecule has 0 saturated carbocycles. The Balaban J connectivity index is 1.96. The molecule has 0 fully saturated rings. The summed E-state index contributed by atoms with van der Waals surface area (Å²) in [7, 11) is 0. The third kappa shape index (κ3) is 2.44. The van der Waals surface area contributed by atoms with E-state index in [9.17, 15) is 14.7 Å². The number of ether oxygens (including phenoxy) is 1. The van der Waals surface area contributed by atoms with Crippen LogP contribution in [0.15, 0.2) is 42.6 Å². The van der Waals surface area contributed by atoms with Crippen molar-refractivity contribution in [2.75, 3.05) is 0 Å². The minimum atomic E-state index is -1.03. The molecule has 3 heterocycles. The van der Waals surface area contributed by atoms with Crippen molar-refractivity contribution in [2.45, 2.75) is 11.2 Å². The Morgan fingerprint density at radius 3 is 2.83 bits per heavy atom. The zero-order valence-electron chi connectivity index (χ0n) is 11.8. The van der Waals surface area contributed by atoms with Crippen LogP contribution in [0.4, 0.5) is 0 Å². The number of fused-ring (bicyclic) bond motifs is 4. The lowest BCUT2D eigenvalue weighted by Gasteiger charge is -2.38. The lowest BCUT2D eigenvalue weighted by Crippen LogP contribution is -2.44. The smallest absolute Gasteiger partial charge is 0.317 e. The first-order chi connectivity index (χ1) is 11.4. The summed E-state index contributed by atoms with van der Waals surface area (Å²) in [5, 5.41) is 13.3. The maximum Gasteiger partial charge on any atom is 0.317 e. The average Bonchev–Trinajstić information content (AvgIpc) is 2.87. The summed E-state index contributed by atoms with van der Waals surface area (Å²) in [6.45, 7) is 3.91. The van der Waals surface area contributed by atoms with Gasteiger partial charge >= 0.3 is 11.9 Å². The fourth-order valence-electron chi connectivity index (χ4n) is 3.11. The van der Waals surface area contributed by atoms with Gasteiger partial charge in [0.05, 0.1) is 20.4 Å². The van der Waals surface area contributed by atoms with Gasteiger partial charge in [-0.25, -0.2) is 0 Å². The van der Waals surface area contributed by atoms with Gasteiger partial charge in [-0.2, -0.15) is 0 Å². The van der Waals surface area contributed by atoms with Crippen molar-refractivity contribution in [3.8, 4) is 5.75 Å². The molecule has 3 unspecified atom stereocenters. The molecular formula is C15H9Br2NO4S2. The number of thioether (sulfide) groups is 2. The molecule has 3 atom stereocenters. The Morgan fingerprint density at radius 1 is 1.38 bits per heavy atom. The van der Waals surface area contributed by atoms with Gasteiger partial charge in [-0.05, 0) is 28.1 Å². The zero-order chi connectivity index (χ0) is 17.2. The zero-order valence-corrected chi connectivity index (χ0v) is 16.6. The molecule has 0 aromatic heterocycles. The number of carboxylic acid groups (broad SMARTS) is 1. The van der Waals surface area contributed by atoms with Crippen LogP contribution in [0.3, 0.4) is 0 Å². The number of allylic oxidation sites excluding steroid dienone is 1. The highest BCUT2D eigenvalue weighted by molar-refractivity contribution is 9.11. The van der Waals surface area contributed by atoms with Gasteiger partial charge in [0.15, 0.2) is 0 Å². The Labute approximate surface area is 162 Å². The van der Waals surface area contributed by atoms with Gasteiger partial charge in [-0.15, -0.1) is 0 Å². The number of nitrogens with one attached hydrogen (secondary N) is 1. The molecule has 4 rings (SSSR count). The summed E-state index contributed by atoms with van der Waals surface area (Å²) in [6, 6.07) is 3.68. The molecule has 0 amide bonds. The number of carboxylic acids is 1.